The van der Waals surface area contributed by atoms with Gasteiger partial charge in [-0.25, -0.2) is 4.98 Å². The van der Waals surface area contributed by atoms with Gasteiger partial charge in [-0.1, -0.05) is 41.4 Å². The molecule has 8 heteroatoms. The molecular formula is C25H29Cl2N5O. The highest BCUT2D eigenvalue weighted by Crippen LogP contribution is 2.34. The third-order valence-corrected chi connectivity index (χ3v) is 7.46. The number of aromatic nitrogens is 2. The van der Waals surface area contributed by atoms with E-state index in [4.69, 9.17) is 33.2 Å². The van der Waals surface area contributed by atoms with Crippen LogP contribution in [-0.4, -0.2) is 59.3 Å². The van der Waals surface area contributed by atoms with Gasteiger partial charge in [0.05, 0.1) is 12.1 Å². The average Bonchev–Trinajstić information content (AvgIpc) is 2.78. The van der Waals surface area contributed by atoms with Gasteiger partial charge in [0.15, 0.2) is 0 Å². The number of β-amino-alcohol motifs (C(OH)–C–C–N with tert-alkyl or cyclic N) is 1. The van der Waals surface area contributed by atoms with Crippen LogP contribution in [0.25, 0.3) is 10.9 Å². The maximum absolute atomic E-state index is 9.28. The van der Waals surface area contributed by atoms with E-state index in [-0.39, 0.29) is 6.61 Å². The van der Waals surface area contributed by atoms with Crippen molar-refractivity contribution in [2.24, 2.45) is 11.8 Å². The third-order valence-electron chi connectivity index (χ3n) is 6.87. The summed E-state index contributed by atoms with van der Waals surface area (Å²) < 4.78 is 0. The first-order chi connectivity index (χ1) is 16.1. The largest absolute Gasteiger partial charge is 0.395 e. The van der Waals surface area contributed by atoms with Crippen molar-refractivity contribution in [2.75, 3.05) is 49.5 Å². The summed E-state index contributed by atoms with van der Waals surface area (Å²) in [6, 6.07) is 13.6. The molecule has 0 radical (unpaired) electrons. The lowest BCUT2D eigenvalue weighted by Crippen LogP contribution is -2.54. The van der Waals surface area contributed by atoms with Gasteiger partial charge >= 0.3 is 0 Å². The number of fused-ring (bicyclic) bond motifs is 1. The molecule has 0 saturated carbocycles. The Kier molecular flexibility index (Phi) is 6.88. The zero-order valence-corrected chi connectivity index (χ0v) is 20.1. The Labute approximate surface area is 204 Å². The molecule has 1 unspecified atom stereocenters. The molecule has 6 nitrogen and oxygen atoms in total. The quantitative estimate of drug-likeness (QED) is 0.505. The zero-order chi connectivity index (χ0) is 22.8. The van der Waals surface area contributed by atoms with Crippen LogP contribution in [0.4, 0.5) is 11.8 Å². The maximum atomic E-state index is 9.28. The molecule has 174 valence electrons. The molecule has 5 rings (SSSR count). The highest BCUT2D eigenvalue weighted by Gasteiger charge is 2.37. The number of hydrogen-bond donors (Lipinski definition) is 2. The molecule has 2 fully saturated rings. The Morgan fingerprint density at radius 3 is 2.70 bits per heavy atom. The van der Waals surface area contributed by atoms with E-state index in [1.807, 2.05) is 36.4 Å². The van der Waals surface area contributed by atoms with Gasteiger partial charge in [0.1, 0.15) is 5.82 Å². The number of likely N-dealkylation sites (tertiary alicyclic amines) is 1. The average molecular weight is 486 g/mol. The highest BCUT2D eigenvalue weighted by molar-refractivity contribution is 6.35. The minimum atomic E-state index is 0.242. The molecule has 3 aromatic rings. The first kappa shape index (κ1) is 22.7. The van der Waals surface area contributed by atoms with Gasteiger partial charge in [0.25, 0.3) is 0 Å². The normalized spacial score (nSPS) is 19.6. The van der Waals surface area contributed by atoms with Crippen LogP contribution in [0.5, 0.6) is 0 Å². The number of anilines is 2. The molecule has 0 amide bonds. The SMILES string of the molecule is OCCN1CCCC(C2CN(c3nc(NCc4ccc(Cl)cc4Cl)c4ccccc4n3)C2)C1. The van der Waals surface area contributed by atoms with Crippen LogP contribution >= 0.6 is 23.2 Å². The Hall–Kier alpha value is -2.12. The van der Waals surface area contributed by atoms with Crippen molar-refractivity contribution in [3.63, 3.8) is 0 Å². The van der Waals surface area contributed by atoms with E-state index in [1.54, 1.807) is 6.07 Å². The summed E-state index contributed by atoms with van der Waals surface area (Å²) in [6.45, 7) is 5.75. The van der Waals surface area contributed by atoms with E-state index in [0.717, 1.165) is 61.0 Å². The second kappa shape index (κ2) is 10.0. The number of benzene rings is 2. The van der Waals surface area contributed by atoms with E-state index >= 15 is 0 Å². The molecule has 3 heterocycles. The van der Waals surface area contributed by atoms with E-state index in [2.05, 4.69) is 15.1 Å². The van der Waals surface area contributed by atoms with Gasteiger partial charge in [-0.15, -0.1) is 0 Å². The van der Waals surface area contributed by atoms with Crippen molar-refractivity contribution in [1.29, 1.82) is 0 Å². The smallest absolute Gasteiger partial charge is 0.227 e. The van der Waals surface area contributed by atoms with Crippen LogP contribution < -0.4 is 10.2 Å². The summed E-state index contributed by atoms with van der Waals surface area (Å²) in [5.41, 5.74) is 1.90. The van der Waals surface area contributed by atoms with Crippen molar-refractivity contribution in [3.05, 3.63) is 58.1 Å². The van der Waals surface area contributed by atoms with Crippen LogP contribution in [0.1, 0.15) is 18.4 Å². The van der Waals surface area contributed by atoms with Gasteiger partial charge in [-0.2, -0.15) is 4.98 Å². The summed E-state index contributed by atoms with van der Waals surface area (Å²) in [5.74, 6) is 2.94. The molecule has 2 saturated heterocycles. The van der Waals surface area contributed by atoms with Crippen molar-refractivity contribution >= 4 is 45.9 Å². The van der Waals surface area contributed by atoms with Gasteiger partial charge < -0.3 is 20.2 Å². The Bertz CT molecular complexity index is 1120. The molecule has 1 aromatic heterocycles. The first-order valence-electron chi connectivity index (χ1n) is 11.6. The monoisotopic (exact) mass is 485 g/mol. The second-order valence-electron chi connectivity index (χ2n) is 9.07. The van der Waals surface area contributed by atoms with E-state index in [9.17, 15) is 5.11 Å². The van der Waals surface area contributed by atoms with Gasteiger partial charge in [-0.05, 0) is 61.1 Å². The standard InChI is InChI=1S/C25H29Cl2N5O/c26-20-8-7-17(22(27)12-20)13-28-24-21-5-1-2-6-23(21)29-25(30-24)32-15-19(16-32)18-4-3-9-31(14-18)10-11-33/h1-2,5-8,12,18-19,33H,3-4,9-11,13-16H2,(H,28,29,30). The number of aliphatic hydroxyl groups excluding tert-OH is 1. The number of halogens is 2. The fraction of sp³-hybridized carbons (Fsp3) is 0.440. The van der Waals surface area contributed by atoms with Crippen molar-refractivity contribution < 1.29 is 5.11 Å². The van der Waals surface area contributed by atoms with Crippen LogP contribution in [0, 0.1) is 11.8 Å². The number of aliphatic hydroxyl groups is 1. The number of hydrogen-bond acceptors (Lipinski definition) is 6. The molecular weight excluding hydrogens is 457 g/mol. The van der Waals surface area contributed by atoms with Crippen LogP contribution in [-0.2, 0) is 6.54 Å². The maximum Gasteiger partial charge on any atom is 0.227 e. The van der Waals surface area contributed by atoms with Crippen LogP contribution in [0.2, 0.25) is 10.0 Å². The van der Waals surface area contributed by atoms with Crippen molar-refractivity contribution in [2.45, 2.75) is 19.4 Å². The number of rotatable bonds is 7. The molecule has 1 atom stereocenters. The molecule has 0 bridgehead atoms. The predicted molar refractivity (Wildman–Crippen MR) is 135 cm³/mol. The van der Waals surface area contributed by atoms with Gasteiger partial charge in [0.2, 0.25) is 5.95 Å². The molecule has 33 heavy (non-hydrogen) atoms. The van der Waals surface area contributed by atoms with Crippen LogP contribution in [0.3, 0.4) is 0 Å². The molecule has 2 N–H and O–H groups in total. The van der Waals surface area contributed by atoms with E-state index in [0.29, 0.717) is 28.4 Å². The predicted octanol–water partition coefficient (Wildman–Crippen LogP) is 4.69. The fourth-order valence-electron chi connectivity index (χ4n) is 4.98. The Morgan fingerprint density at radius 1 is 1.03 bits per heavy atom. The second-order valence-corrected chi connectivity index (χ2v) is 9.91. The van der Waals surface area contributed by atoms with Crippen molar-refractivity contribution in [3.8, 4) is 0 Å². The molecule has 2 aromatic carbocycles. The number of nitrogens with zero attached hydrogens (tertiary/aromatic N) is 4. The Balaban J connectivity index is 1.30. The lowest BCUT2D eigenvalue weighted by molar-refractivity contribution is 0.101. The summed E-state index contributed by atoms with van der Waals surface area (Å²) in [6.07, 6.45) is 2.49. The third kappa shape index (κ3) is 5.04. The van der Waals surface area contributed by atoms with E-state index < -0.39 is 0 Å². The summed E-state index contributed by atoms with van der Waals surface area (Å²) >= 11 is 12.4. The number of piperidine rings is 1. The minimum Gasteiger partial charge on any atom is -0.395 e. The van der Waals surface area contributed by atoms with E-state index in [1.165, 1.54) is 12.8 Å². The molecule has 0 aliphatic carbocycles. The highest BCUT2D eigenvalue weighted by atomic mass is 35.5. The lowest BCUT2D eigenvalue weighted by Gasteiger charge is -2.46. The number of nitrogens with one attached hydrogen (secondary N) is 1. The lowest BCUT2D eigenvalue weighted by atomic mass is 9.81. The zero-order valence-electron chi connectivity index (χ0n) is 18.6. The molecule has 2 aliphatic rings. The molecule has 2 aliphatic heterocycles. The Morgan fingerprint density at radius 2 is 1.88 bits per heavy atom. The number of para-hydroxylation sites is 1. The fourth-order valence-corrected chi connectivity index (χ4v) is 5.45. The first-order valence-corrected chi connectivity index (χ1v) is 12.4. The topological polar surface area (TPSA) is 64.5 Å². The summed E-state index contributed by atoms with van der Waals surface area (Å²) in [4.78, 5) is 14.4. The minimum absolute atomic E-state index is 0.242. The van der Waals surface area contributed by atoms with Crippen LogP contribution in [0.15, 0.2) is 42.5 Å². The summed E-state index contributed by atoms with van der Waals surface area (Å²) in [7, 11) is 0. The molecule has 0 spiro atoms. The van der Waals surface area contributed by atoms with Crippen molar-refractivity contribution in [1.82, 2.24) is 14.9 Å². The van der Waals surface area contributed by atoms with Gasteiger partial charge in [-0.3, -0.25) is 0 Å². The van der Waals surface area contributed by atoms with Gasteiger partial charge in [0, 0.05) is 48.2 Å². The summed E-state index contributed by atoms with van der Waals surface area (Å²) in [5, 5.41) is 15.0.